The molecule has 2 aromatic carbocycles. The van der Waals surface area contributed by atoms with Gasteiger partial charge in [-0.1, -0.05) is 18.2 Å². The lowest BCUT2D eigenvalue weighted by atomic mass is 10.2. The van der Waals surface area contributed by atoms with Crippen molar-refractivity contribution < 1.29 is 9.47 Å². The lowest BCUT2D eigenvalue weighted by Crippen LogP contribution is -2.23. The van der Waals surface area contributed by atoms with Crippen molar-refractivity contribution in [3.05, 3.63) is 58.4 Å². The smallest absolute Gasteiger partial charge is 0.262 e. The lowest BCUT2D eigenvalue weighted by molar-refractivity contribution is 0.354. The zero-order valence-corrected chi connectivity index (χ0v) is 14.9. The largest absolute Gasteiger partial charge is 0.493 e. The molecule has 7 heteroatoms. The van der Waals surface area contributed by atoms with Gasteiger partial charge in [-0.3, -0.25) is 9.36 Å². The Balaban J connectivity index is 1.95. The summed E-state index contributed by atoms with van der Waals surface area (Å²) in [6, 6.07) is 12.8. The molecule has 1 aromatic heterocycles. The Morgan fingerprint density at radius 1 is 1.15 bits per heavy atom. The molecule has 134 valence electrons. The van der Waals surface area contributed by atoms with Crippen LogP contribution in [0.15, 0.2) is 52.4 Å². The molecule has 0 spiro atoms. The monoisotopic (exact) mass is 352 g/mol. The highest BCUT2D eigenvalue weighted by atomic mass is 16.5. The molecule has 3 rings (SSSR count). The van der Waals surface area contributed by atoms with Gasteiger partial charge in [0.25, 0.3) is 5.56 Å². The van der Waals surface area contributed by atoms with E-state index in [1.807, 2.05) is 37.3 Å². The minimum atomic E-state index is -0.102. The number of benzene rings is 2. The third kappa shape index (κ3) is 3.23. The molecule has 0 radical (unpaired) electrons. The summed E-state index contributed by atoms with van der Waals surface area (Å²) in [7, 11) is 3.15. The molecular weight excluding hydrogens is 332 g/mol. The molecule has 0 atom stereocenters. The number of ether oxygens (including phenoxy) is 2. The molecule has 0 aliphatic carbocycles. The van der Waals surface area contributed by atoms with E-state index in [9.17, 15) is 4.79 Å². The molecule has 1 N–H and O–H groups in total. The molecule has 26 heavy (non-hydrogen) atoms. The number of nitrogens with one attached hydrogen (secondary N) is 1. The SMILES string of the molecule is CCn1c(N/N=C\c2cccc(OC)c2OC)nc2ccccc2c1=O. The summed E-state index contributed by atoms with van der Waals surface area (Å²) < 4.78 is 12.2. The predicted octanol–water partition coefficient (Wildman–Crippen LogP) is 2.88. The summed E-state index contributed by atoms with van der Waals surface area (Å²) in [5.41, 5.74) is 4.12. The Morgan fingerprint density at radius 2 is 1.96 bits per heavy atom. The lowest BCUT2D eigenvalue weighted by Gasteiger charge is -2.11. The van der Waals surface area contributed by atoms with Crippen LogP contribution in [-0.2, 0) is 6.54 Å². The number of hydrogen-bond donors (Lipinski definition) is 1. The van der Waals surface area contributed by atoms with Crippen LogP contribution in [-0.4, -0.2) is 30.0 Å². The Bertz CT molecular complexity index is 1010. The number of anilines is 1. The Morgan fingerprint density at radius 3 is 2.69 bits per heavy atom. The number of aromatic nitrogens is 2. The average molecular weight is 352 g/mol. The summed E-state index contributed by atoms with van der Waals surface area (Å²) in [5.74, 6) is 1.58. The third-order valence-corrected chi connectivity index (χ3v) is 3.98. The van der Waals surface area contributed by atoms with E-state index in [1.54, 1.807) is 37.1 Å². The molecule has 0 amide bonds. The standard InChI is InChI=1S/C19H20N4O3/c1-4-23-18(24)14-9-5-6-10-15(14)21-19(23)22-20-12-13-8-7-11-16(25-2)17(13)26-3/h5-12H,4H2,1-3H3,(H,21,22)/b20-12-. The van der Waals surface area contributed by atoms with Gasteiger partial charge >= 0.3 is 0 Å². The number of fused-ring (bicyclic) bond motifs is 1. The van der Waals surface area contributed by atoms with Gasteiger partial charge in [0.15, 0.2) is 11.5 Å². The fraction of sp³-hybridized carbons (Fsp3) is 0.211. The molecule has 0 saturated carbocycles. The summed E-state index contributed by atoms with van der Waals surface area (Å²) in [6.07, 6.45) is 1.60. The van der Waals surface area contributed by atoms with Gasteiger partial charge in [-0.05, 0) is 31.2 Å². The van der Waals surface area contributed by atoms with Gasteiger partial charge in [0, 0.05) is 12.1 Å². The van der Waals surface area contributed by atoms with E-state index in [0.717, 1.165) is 5.56 Å². The number of methoxy groups -OCH3 is 2. The van der Waals surface area contributed by atoms with Crippen molar-refractivity contribution in [1.29, 1.82) is 0 Å². The molecule has 7 nitrogen and oxygen atoms in total. The topological polar surface area (TPSA) is 77.7 Å². The van der Waals surface area contributed by atoms with Crippen LogP contribution in [0.3, 0.4) is 0 Å². The highest BCUT2D eigenvalue weighted by Gasteiger charge is 2.10. The van der Waals surface area contributed by atoms with Crippen LogP contribution in [0.4, 0.5) is 5.95 Å². The van der Waals surface area contributed by atoms with Gasteiger partial charge in [0.2, 0.25) is 5.95 Å². The molecule has 0 bridgehead atoms. The summed E-state index contributed by atoms with van der Waals surface area (Å²) in [6.45, 7) is 2.37. The van der Waals surface area contributed by atoms with Gasteiger partial charge in [-0.25, -0.2) is 10.4 Å². The Hall–Kier alpha value is -3.35. The second kappa shape index (κ2) is 7.69. The second-order valence-corrected chi connectivity index (χ2v) is 5.45. The normalized spacial score (nSPS) is 11.0. The van der Waals surface area contributed by atoms with Crippen LogP contribution in [0, 0.1) is 0 Å². The van der Waals surface area contributed by atoms with Crippen molar-refractivity contribution in [3.63, 3.8) is 0 Å². The minimum absolute atomic E-state index is 0.102. The predicted molar refractivity (Wildman–Crippen MR) is 102 cm³/mol. The first-order valence-corrected chi connectivity index (χ1v) is 8.19. The van der Waals surface area contributed by atoms with E-state index >= 15 is 0 Å². The summed E-state index contributed by atoms with van der Waals surface area (Å²) in [5, 5.41) is 4.80. The zero-order valence-electron chi connectivity index (χ0n) is 14.9. The number of para-hydroxylation sites is 2. The van der Waals surface area contributed by atoms with E-state index in [4.69, 9.17) is 9.47 Å². The molecular formula is C19H20N4O3. The van der Waals surface area contributed by atoms with Crippen LogP contribution in [0.2, 0.25) is 0 Å². The molecule has 0 saturated heterocycles. The third-order valence-electron chi connectivity index (χ3n) is 3.98. The molecule has 0 aliphatic heterocycles. The summed E-state index contributed by atoms with van der Waals surface area (Å²) in [4.78, 5) is 17.1. The molecule has 1 heterocycles. The minimum Gasteiger partial charge on any atom is -0.493 e. The quantitative estimate of drug-likeness (QED) is 0.545. The molecule has 0 unspecified atom stereocenters. The van der Waals surface area contributed by atoms with Crippen LogP contribution in [0.5, 0.6) is 11.5 Å². The fourth-order valence-electron chi connectivity index (χ4n) is 2.72. The van der Waals surface area contributed by atoms with Crippen molar-refractivity contribution in [2.24, 2.45) is 5.10 Å². The van der Waals surface area contributed by atoms with Gasteiger partial charge in [-0.2, -0.15) is 5.10 Å². The van der Waals surface area contributed by atoms with Crippen LogP contribution >= 0.6 is 0 Å². The van der Waals surface area contributed by atoms with E-state index in [2.05, 4.69) is 15.5 Å². The van der Waals surface area contributed by atoms with Crippen molar-refractivity contribution in [2.45, 2.75) is 13.5 Å². The zero-order chi connectivity index (χ0) is 18.5. The van der Waals surface area contributed by atoms with Crippen molar-refractivity contribution >= 4 is 23.1 Å². The fourth-order valence-corrected chi connectivity index (χ4v) is 2.72. The van der Waals surface area contributed by atoms with E-state index in [-0.39, 0.29) is 5.56 Å². The maximum Gasteiger partial charge on any atom is 0.262 e. The Labute approximate surface area is 150 Å². The van der Waals surface area contributed by atoms with Crippen molar-refractivity contribution in [3.8, 4) is 11.5 Å². The van der Waals surface area contributed by atoms with Crippen LogP contribution in [0.25, 0.3) is 10.9 Å². The molecule has 0 fully saturated rings. The van der Waals surface area contributed by atoms with Gasteiger partial charge in [-0.15, -0.1) is 0 Å². The maximum absolute atomic E-state index is 12.6. The molecule has 0 aliphatic rings. The first kappa shape index (κ1) is 17.5. The maximum atomic E-state index is 12.6. The second-order valence-electron chi connectivity index (χ2n) is 5.45. The van der Waals surface area contributed by atoms with E-state index in [0.29, 0.717) is 34.9 Å². The van der Waals surface area contributed by atoms with Gasteiger partial charge in [0.1, 0.15) is 0 Å². The van der Waals surface area contributed by atoms with Crippen molar-refractivity contribution in [1.82, 2.24) is 9.55 Å². The van der Waals surface area contributed by atoms with Crippen molar-refractivity contribution in [2.75, 3.05) is 19.6 Å². The average Bonchev–Trinajstić information content (AvgIpc) is 2.68. The number of nitrogens with zero attached hydrogens (tertiary/aromatic N) is 3. The van der Waals surface area contributed by atoms with E-state index < -0.39 is 0 Å². The first-order chi connectivity index (χ1) is 12.7. The number of rotatable bonds is 6. The summed E-state index contributed by atoms with van der Waals surface area (Å²) >= 11 is 0. The molecule has 3 aromatic rings. The highest BCUT2D eigenvalue weighted by Crippen LogP contribution is 2.29. The first-order valence-electron chi connectivity index (χ1n) is 8.19. The Kier molecular flexibility index (Phi) is 5.17. The highest BCUT2D eigenvalue weighted by molar-refractivity contribution is 5.85. The van der Waals surface area contributed by atoms with E-state index in [1.165, 1.54) is 0 Å². The van der Waals surface area contributed by atoms with Crippen LogP contribution < -0.4 is 20.5 Å². The number of hydrogen-bond acceptors (Lipinski definition) is 6. The van der Waals surface area contributed by atoms with Gasteiger partial charge in [0.05, 0.1) is 31.3 Å². The van der Waals surface area contributed by atoms with Crippen LogP contribution in [0.1, 0.15) is 12.5 Å². The number of hydrazone groups is 1. The van der Waals surface area contributed by atoms with Gasteiger partial charge < -0.3 is 9.47 Å².